The quantitative estimate of drug-likeness (QED) is 0.704. The standard InChI is InChI=1S/C19H31NO2/c21-18-13-14-19(22)20(18)17(16-9-5-2-6-10-16)12-11-15-7-3-1-4-8-15/h15-17H,1-14H2. The van der Waals surface area contributed by atoms with Crippen LogP contribution in [0.2, 0.25) is 0 Å². The van der Waals surface area contributed by atoms with E-state index in [1.165, 1.54) is 70.6 Å². The largest absolute Gasteiger partial charge is 0.279 e. The summed E-state index contributed by atoms with van der Waals surface area (Å²) in [6.45, 7) is 0. The summed E-state index contributed by atoms with van der Waals surface area (Å²) in [5.41, 5.74) is 0. The SMILES string of the molecule is O=C1CCC(=O)N1C(CCC1CCCCC1)C1CCCCC1. The molecule has 3 heteroatoms. The molecule has 1 aliphatic heterocycles. The van der Waals surface area contributed by atoms with E-state index in [2.05, 4.69) is 0 Å². The predicted octanol–water partition coefficient (Wildman–Crippen LogP) is 4.44. The van der Waals surface area contributed by atoms with Crippen LogP contribution in [0.15, 0.2) is 0 Å². The molecule has 22 heavy (non-hydrogen) atoms. The lowest BCUT2D eigenvalue weighted by Crippen LogP contribution is -2.44. The van der Waals surface area contributed by atoms with Gasteiger partial charge in [-0.2, -0.15) is 0 Å². The highest BCUT2D eigenvalue weighted by atomic mass is 16.2. The van der Waals surface area contributed by atoms with Crippen molar-refractivity contribution in [2.24, 2.45) is 11.8 Å². The van der Waals surface area contributed by atoms with E-state index in [9.17, 15) is 9.59 Å². The number of rotatable bonds is 5. The molecule has 1 atom stereocenters. The highest BCUT2D eigenvalue weighted by molar-refractivity contribution is 6.02. The van der Waals surface area contributed by atoms with Gasteiger partial charge in [-0.15, -0.1) is 0 Å². The molecule has 0 aromatic heterocycles. The normalized spacial score (nSPS) is 26.6. The predicted molar refractivity (Wildman–Crippen MR) is 87.3 cm³/mol. The van der Waals surface area contributed by atoms with E-state index < -0.39 is 0 Å². The highest BCUT2D eigenvalue weighted by Crippen LogP contribution is 2.36. The Kier molecular flexibility index (Phi) is 5.54. The Morgan fingerprint density at radius 2 is 1.36 bits per heavy atom. The second-order valence-corrected chi connectivity index (χ2v) is 7.70. The van der Waals surface area contributed by atoms with Crippen LogP contribution in [-0.2, 0) is 9.59 Å². The lowest BCUT2D eigenvalue weighted by molar-refractivity contribution is -0.143. The average Bonchev–Trinajstić information content (AvgIpc) is 2.89. The molecular weight excluding hydrogens is 274 g/mol. The van der Waals surface area contributed by atoms with Crippen molar-refractivity contribution in [3.8, 4) is 0 Å². The van der Waals surface area contributed by atoms with Crippen molar-refractivity contribution in [3.63, 3.8) is 0 Å². The van der Waals surface area contributed by atoms with Crippen LogP contribution in [0.1, 0.15) is 89.9 Å². The summed E-state index contributed by atoms with van der Waals surface area (Å²) in [4.78, 5) is 26.1. The fraction of sp³-hybridized carbons (Fsp3) is 0.895. The van der Waals surface area contributed by atoms with Crippen molar-refractivity contribution >= 4 is 11.8 Å². The monoisotopic (exact) mass is 305 g/mol. The Morgan fingerprint density at radius 1 is 0.818 bits per heavy atom. The summed E-state index contributed by atoms with van der Waals surface area (Å²) >= 11 is 0. The number of hydrogen-bond acceptors (Lipinski definition) is 2. The number of hydrogen-bond donors (Lipinski definition) is 0. The van der Waals surface area contributed by atoms with Gasteiger partial charge in [0.1, 0.15) is 0 Å². The Hall–Kier alpha value is -0.860. The molecule has 3 aliphatic rings. The van der Waals surface area contributed by atoms with Crippen LogP contribution in [0.25, 0.3) is 0 Å². The van der Waals surface area contributed by atoms with Crippen LogP contribution < -0.4 is 0 Å². The van der Waals surface area contributed by atoms with E-state index in [4.69, 9.17) is 0 Å². The molecule has 3 fully saturated rings. The number of carbonyl (C=O) groups excluding carboxylic acids is 2. The molecule has 0 radical (unpaired) electrons. The number of amides is 2. The van der Waals surface area contributed by atoms with Crippen molar-refractivity contribution in [1.82, 2.24) is 4.90 Å². The molecule has 0 spiro atoms. The van der Waals surface area contributed by atoms with Gasteiger partial charge >= 0.3 is 0 Å². The minimum atomic E-state index is 0.101. The van der Waals surface area contributed by atoms with Crippen LogP contribution in [0.3, 0.4) is 0 Å². The molecule has 1 unspecified atom stereocenters. The van der Waals surface area contributed by atoms with Gasteiger partial charge in [-0.25, -0.2) is 0 Å². The van der Waals surface area contributed by atoms with Crippen LogP contribution in [0.5, 0.6) is 0 Å². The second-order valence-electron chi connectivity index (χ2n) is 7.70. The van der Waals surface area contributed by atoms with Crippen LogP contribution in [0, 0.1) is 11.8 Å². The zero-order chi connectivity index (χ0) is 15.4. The summed E-state index contributed by atoms with van der Waals surface area (Å²) in [5.74, 6) is 1.62. The van der Waals surface area contributed by atoms with E-state index in [1.54, 1.807) is 4.90 Å². The Labute approximate surface area is 134 Å². The van der Waals surface area contributed by atoms with Gasteiger partial charge in [-0.1, -0.05) is 51.4 Å². The third-order valence-electron chi connectivity index (χ3n) is 6.21. The van der Waals surface area contributed by atoms with Gasteiger partial charge in [0.05, 0.1) is 0 Å². The lowest BCUT2D eigenvalue weighted by Gasteiger charge is -2.36. The summed E-state index contributed by atoms with van der Waals surface area (Å²) in [5, 5.41) is 0. The zero-order valence-corrected chi connectivity index (χ0v) is 13.9. The third kappa shape index (κ3) is 3.72. The first-order chi connectivity index (χ1) is 10.8. The van der Waals surface area contributed by atoms with Crippen molar-refractivity contribution in [2.45, 2.75) is 95.9 Å². The summed E-state index contributed by atoms with van der Waals surface area (Å²) in [6, 6.07) is 0.213. The van der Waals surface area contributed by atoms with Crippen molar-refractivity contribution in [1.29, 1.82) is 0 Å². The maximum atomic E-state index is 12.2. The van der Waals surface area contributed by atoms with Gasteiger partial charge in [0.15, 0.2) is 0 Å². The number of imide groups is 1. The molecule has 1 heterocycles. The minimum absolute atomic E-state index is 0.101. The Balaban J connectivity index is 1.64. The fourth-order valence-electron chi connectivity index (χ4n) is 4.94. The zero-order valence-electron chi connectivity index (χ0n) is 13.9. The summed E-state index contributed by atoms with van der Waals surface area (Å²) < 4.78 is 0. The molecule has 2 saturated carbocycles. The first kappa shape index (κ1) is 16.0. The maximum Gasteiger partial charge on any atom is 0.229 e. The van der Waals surface area contributed by atoms with Gasteiger partial charge in [0, 0.05) is 18.9 Å². The smallest absolute Gasteiger partial charge is 0.229 e. The maximum absolute atomic E-state index is 12.2. The molecular formula is C19H31NO2. The molecule has 1 saturated heterocycles. The molecule has 124 valence electrons. The van der Waals surface area contributed by atoms with Crippen molar-refractivity contribution in [3.05, 3.63) is 0 Å². The molecule has 0 N–H and O–H groups in total. The number of likely N-dealkylation sites (tertiary alicyclic amines) is 1. The molecule has 2 aliphatic carbocycles. The van der Waals surface area contributed by atoms with Gasteiger partial charge in [0.2, 0.25) is 11.8 Å². The molecule has 0 aromatic rings. The Morgan fingerprint density at radius 3 is 1.95 bits per heavy atom. The minimum Gasteiger partial charge on any atom is -0.279 e. The number of carbonyl (C=O) groups is 2. The van der Waals surface area contributed by atoms with Gasteiger partial charge < -0.3 is 0 Å². The van der Waals surface area contributed by atoms with E-state index in [1.807, 2.05) is 0 Å². The molecule has 3 rings (SSSR count). The summed E-state index contributed by atoms with van der Waals surface area (Å²) in [6.07, 6.45) is 16.4. The summed E-state index contributed by atoms with van der Waals surface area (Å²) in [7, 11) is 0. The molecule has 0 aromatic carbocycles. The fourth-order valence-corrected chi connectivity index (χ4v) is 4.94. The van der Waals surface area contributed by atoms with Gasteiger partial charge in [-0.3, -0.25) is 14.5 Å². The van der Waals surface area contributed by atoms with E-state index in [0.29, 0.717) is 18.8 Å². The Bertz CT molecular complexity index is 378. The average molecular weight is 305 g/mol. The molecule has 3 nitrogen and oxygen atoms in total. The van der Waals surface area contributed by atoms with Gasteiger partial charge in [-0.05, 0) is 37.5 Å². The third-order valence-corrected chi connectivity index (χ3v) is 6.21. The first-order valence-corrected chi connectivity index (χ1v) is 9.60. The highest BCUT2D eigenvalue weighted by Gasteiger charge is 2.39. The van der Waals surface area contributed by atoms with Crippen LogP contribution in [0.4, 0.5) is 0 Å². The first-order valence-electron chi connectivity index (χ1n) is 9.60. The lowest BCUT2D eigenvalue weighted by atomic mass is 9.78. The number of nitrogens with zero attached hydrogens (tertiary/aromatic N) is 1. The van der Waals surface area contributed by atoms with Crippen LogP contribution in [-0.4, -0.2) is 22.8 Å². The van der Waals surface area contributed by atoms with Gasteiger partial charge in [0.25, 0.3) is 0 Å². The van der Waals surface area contributed by atoms with Crippen molar-refractivity contribution < 1.29 is 9.59 Å². The molecule has 0 bridgehead atoms. The topological polar surface area (TPSA) is 37.4 Å². The van der Waals surface area contributed by atoms with E-state index >= 15 is 0 Å². The van der Waals surface area contributed by atoms with E-state index in [0.717, 1.165) is 12.3 Å². The van der Waals surface area contributed by atoms with Crippen molar-refractivity contribution in [2.75, 3.05) is 0 Å². The second kappa shape index (κ2) is 7.61. The van der Waals surface area contributed by atoms with E-state index in [-0.39, 0.29) is 17.9 Å². The van der Waals surface area contributed by atoms with Crippen LogP contribution >= 0.6 is 0 Å². The molecule has 2 amide bonds.